The SMILES string of the molecule is Cc1cc(C(N)CCO)cc2c1OCCO2. The van der Waals surface area contributed by atoms with Crippen LogP contribution in [0.2, 0.25) is 0 Å². The van der Waals surface area contributed by atoms with Gasteiger partial charge >= 0.3 is 0 Å². The first kappa shape index (κ1) is 11.2. The van der Waals surface area contributed by atoms with Crippen molar-refractivity contribution in [3.8, 4) is 11.5 Å². The lowest BCUT2D eigenvalue weighted by Gasteiger charge is -2.22. The van der Waals surface area contributed by atoms with Crippen molar-refractivity contribution in [3.63, 3.8) is 0 Å². The number of hydrogen-bond donors (Lipinski definition) is 2. The fourth-order valence-electron chi connectivity index (χ4n) is 1.88. The summed E-state index contributed by atoms with van der Waals surface area (Å²) in [7, 11) is 0. The van der Waals surface area contributed by atoms with E-state index in [0.29, 0.717) is 19.6 Å². The first-order valence-electron chi connectivity index (χ1n) is 5.49. The van der Waals surface area contributed by atoms with Gasteiger partial charge in [0, 0.05) is 12.6 Å². The summed E-state index contributed by atoms with van der Waals surface area (Å²) < 4.78 is 11.1. The minimum Gasteiger partial charge on any atom is -0.486 e. The lowest BCUT2D eigenvalue weighted by atomic mass is 10.0. The number of ether oxygens (including phenoxy) is 2. The maximum atomic E-state index is 8.87. The van der Waals surface area contributed by atoms with Gasteiger partial charge in [0.25, 0.3) is 0 Å². The number of rotatable bonds is 3. The molecule has 0 spiro atoms. The van der Waals surface area contributed by atoms with E-state index in [1.54, 1.807) is 0 Å². The van der Waals surface area contributed by atoms with Crippen molar-refractivity contribution in [3.05, 3.63) is 23.3 Å². The summed E-state index contributed by atoms with van der Waals surface area (Å²) >= 11 is 0. The predicted octanol–water partition coefficient (Wildman–Crippen LogP) is 1.15. The molecule has 0 amide bonds. The van der Waals surface area contributed by atoms with E-state index in [2.05, 4.69) is 0 Å². The number of aryl methyl sites for hydroxylation is 1. The van der Waals surface area contributed by atoms with Crippen molar-refractivity contribution in [2.75, 3.05) is 19.8 Å². The van der Waals surface area contributed by atoms with Crippen molar-refractivity contribution in [2.24, 2.45) is 5.73 Å². The Morgan fingerprint density at radius 3 is 2.88 bits per heavy atom. The molecule has 4 heteroatoms. The van der Waals surface area contributed by atoms with Crippen LogP contribution < -0.4 is 15.2 Å². The summed E-state index contributed by atoms with van der Waals surface area (Å²) in [5.41, 5.74) is 7.96. The highest BCUT2D eigenvalue weighted by atomic mass is 16.6. The van der Waals surface area contributed by atoms with E-state index >= 15 is 0 Å². The number of aliphatic hydroxyl groups excluding tert-OH is 1. The molecular weight excluding hydrogens is 206 g/mol. The molecule has 1 unspecified atom stereocenters. The first-order valence-corrected chi connectivity index (χ1v) is 5.49. The second-order valence-electron chi connectivity index (χ2n) is 3.98. The lowest BCUT2D eigenvalue weighted by molar-refractivity contribution is 0.170. The van der Waals surface area contributed by atoms with Gasteiger partial charge in [0.05, 0.1) is 0 Å². The molecule has 0 saturated heterocycles. The standard InChI is InChI=1S/C12H17NO3/c1-8-6-9(10(13)2-3-14)7-11-12(8)16-5-4-15-11/h6-7,10,14H,2-5,13H2,1H3. The Bertz CT molecular complexity index is 379. The highest BCUT2D eigenvalue weighted by Crippen LogP contribution is 2.36. The molecule has 1 aliphatic rings. The van der Waals surface area contributed by atoms with E-state index in [1.165, 1.54) is 0 Å². The third-order valence-electron chi connectivity index (χ3n) is 2.72. The zero-order chi connectivity index (χ0) is 11.5. The highest BCUT2D eigenvalue weighted by Gasteiger charge is 2.17. The second kappa shape index (κ2) is 4.72. The van der Waals surface area contributed by atoms with Gasteiger partial charge in [-0.15, -0.1) is 0 Å². The van der Waals surface area contributed by atoms with Crippen molar-refractivity contribution in [2.45, 2.75) is 19.4 Å². The largest absolute Gasteiger partial charge is 0.486 e. The number of fused-ring (bicyclic) bond motifs is 1. The van der Waals surface area contributed by atoms with Crippen molar-refractivity contribution in [1.29, 1.82) is 0 Å². The van der Waals surface area contributed by atoms with Gasteiger partial charge in [-0.2, -0.15) is 0 Å². The molecule has 16 heavy (non-hydrogen) atoms. The monoisotopic (exact) mass is 223 g/mol. The molecule has 0 aliphatic carbocycles. The van der Waals surface area contributed by atoms with Gasteiger partial charge < -0.3 is 20.3 Å². The van der Waals surface area contributed by atoms with Gasteiger partial charge in [0.2, 0.25) is 0 Å². The highest BCUT2D eigenvalue weighted by molar-refractivity contribution is 5.50. The van der Waals surface area contributed by atoms with Crippen LogP contribution >= 0.6 is 0 Å². The van der Waals surface area contributed by atoms with Crippen LogP contribution in [0.15, 0.2) is 12.1 Å². The van der Waals surface area contributed by atoms with Gasteiger partial charge in [-0.25, -0.2) is 0 Å². The van der Waals surface area contributed by atoms with Crippen LogP contribution in [0.3, 0.4) is 0 Å². The minimum absolute atomic E-state index is 0.0919. The van der Waals surface area contributed by atoms with E-state index < -0.39 is 0 Å². The normalized spacial score (nSPS) is 15.9. The minimum atomic E-state index is -0.153. The zero-order valence-corrected chi connectivity index (χ0v) is 9.40. The van der Waals surface area contributed by atoms with E-state index in [0.717, 1.165) is 22.6 Å². The maximum absolute atomic E-state index is 8.87. The third kappa shape index (κ3) is 2.13. The van der Waals surface area contributed by atoms with Crippen LogP contribution in [0.25, 0.3) is 0 Å². The van der Waals surface area contributed by atoms with E-state index in [-0.39, 0.29) is 12.6 Å². The Morgan fingerprint density at radius 2 is 2.12 bits per heavy atom. The summed E-state index contributed by atoms with van der Waals surface area (Å²) in [6.45, 7) is 3.23. The summed E-state index contributed by atoms with van der Waals surface area (Å²) in [6.07, 6.45) is 0.555. The summed E-state index contributed by atoms with van der Waals surface area (Å²) in [4.78, 5) is 0. The molecule has 4 nitrogen and oxygen atoms in total. The summed E-state index contributed by atoms with van der Waals surface area (Å²) in [5, 5.41) is 8.87. The molecule has 1 aromatic carbocycles. The molecular formula is C12H17NO3. The molecule has 1 heterocycles. The Morgan fingerprint density at radius 1 is 1.38 bits per heavy atom. The van der Waals surface area contributed by atoms with Crippen LogP contribution in [0, 0.1) is 6.92 Å². The molecule has 2 rings (SSSR count). The van der Waals surface area contributed by atoms with Gasteiger partial charge in [0.15, 0.2) is 11.5 Å². The van der Waals surface area contributed by atoms with Crippen LogP contribution in [-0.2, 0) is 0 Å². The van der Waals surface area contributed by atoms with Gasteiger partial charge in [0.1, 0.15) is 13.2 Å². The smallest absolute Gasteiger partial charge is 0.164 e. The van der Waals surface area contributed by atoms with Crippen LogP contribution in [-0.4, -0.2) is 24.9 Å². The molecule has 1 aromatic rings. The van der Waals surface area contributed by atoms with Crippen LogP contribution in [0.4, 0.5) is 0 Å². The van der Waals surface area contributed by atoms with Crippen LogP contribution in [0.1, 0.15) is 23.6 Å². The lowest BCUT2D eigenvalue weighted by Crippen LogP contribution is -2.18. The van der Waals surface area contributed by atoms with Crippen molar-refractivity contribution in [1.82, 2.24) is 0 Å². The number of hydrogen-bond acceptors (Lipinski definition) is 4. The average Bonchev–Trinajstić information content (AvgIpc) is 2.29. The van der Waals surface area contributed by atoms with E-state index in [9.17, 15) is 0 Å². The number of nitrogens with two attached hydrogens (primary N) is 1. The molecule has 0 bridgehead atoms. The fraction of sp³-hybridized carbons (Fsp3) is 0.500. The Balaban J connectivity index is 2.31. The second-order valence-corrected chi connectivity index (χ2v) is 3.98. The molecule has 3 N–H and O–H groups in total. The zero-order valence-electron chi connectivity index (χ0n) is 9.40. The van der Waals surface area contributed by atoms with Crippen LogP contribution in [0.5, 0.6) is 11.5 Å². The molecule has 0 saturated carbocycles. The quantitative estimate of drug-likeness (QED) is 0.806. The Hall–Kier alpha value is -1.26. The summed E-state index contributed by atoms with van der Waals surface area (Å²) in [5.74, 6) is 1.57. The summed E-state index contributed by atoms with van der Waals surface area (Å²) in [6, 6.07) is 3.75. The first-order chi connectivity index (χ1) is 7.72. The van der Waals surface area contributed by atoms with Gasteiger partial charge in [-0.1, -0.05) is 6.07 Å². The molecule has 88 valence electrons. The number of benzene rings is 1. The van der Waals surface area contributed by atoms with Crippen molar-refractivity contribution < 1.29 is 14.6 Å². The predicted molar refractivity (Wildman–Crippen MR) is 60.8 cm³/mol. The topological polar surface area (TPSA) is 64.7 Å². The average molecular weight is 223 g/mol. The van der Waals surface area contributed by atoms with E-state index in [1.807, 2.05) is 19.1 Å². The number of aliphatic hydroxyl groups is 1. The third-order valence-corrected chi connectivity index (χ3v) is 2.72. The molecule has 1 atom stereocenters. The van der Waals surface area contributed by atoms with Gasteiger partial charge in [-0.3, -0.25) is 0 Å². The molecule has 0 fully saturated rings. The fourth-order valence-corrected chi connectivity index (χ4v) is 1.88. The van der Waals surface area contributed by atoms with Gasteiger partial charge in [-0.05, 0) is 30.5 Å². The Kier molecular flexibility index (Phi) is 3.31. The molecule has 0 aromatic heterocycles. The Labute approximate surface area is 95.0 Å². The van der Waals surface area contributed by atoms with E-state index in [4.69, 9.17) is 20.3 Å². The maximum Gasteiger partial charge on any atom is 0.164 e. The molecule has 1 aliphatic heterocycles. The molecule has 0 radical (unpaired) electrons. The van der Waals surface area contributed by atoms with Crippen molar-refractivity contribution >= 4 is 0 Å².